The van der Waals surface area contributed by atoms with Crippen molar-refractivity contribution >= 4 is 18.0 Å². The van der Waals surface area contributed by atoms with Gasteiger partial charge in [0.15, 0.2) is 0 Å². The summed E-state index contributed by atoms with van der Waals surface area (Å²) in [6.45, 7) is 1.94. The van der Waals surface area contributed by atoms with Crippen LogP contribution in [0.15, 0.2) is 42.7 Å². The van der Waals surface area contributed by atoms with Crippen molar-refractivity contribution in [2.24, 2.45) is 7.05 Å². The Morgan fingerprint density at radius 2 is 2.04 bits per heavy atom. The van der Waals surface area contributed by atoms with Crippen molar-refractivity contribution in [1.29, 1.82) is 0 Å². The van der Waals surface area contributed by atoms with Crippen LogP contribution in [0.25, 0.3) is 6.08 Å². The number of ether oxygens (including phenoxy) is 1. The molecule has 2 aromatic rings. The topological polar surface area (TPSA) is 64.4 Å². The molecule has 1 aromatic heterocycles. The van der Waals surface area contributed by atoms with E-state index in [0.29, 0.717) is 5.56 Å². The van der Waals surface area contributed by atoms with Gasteiger partial charge in [-0.2, -0.15) is 5.10 Å². The Morgan fingerprint density at radius 3 is 2.64 bits per heavy atom. The van der Waals surface area contributed by atoms with E-state index in [1.807, 2.05) is 0 Å². The maximum atomic E-state index is 13.0. The molecule has 1 heterocycles. The van der Waals surface area contributed by atoms with Crippen LogP contribution < -0.4 is 0 Å². The summed E-state index contributed by atoms with van der Waals surface area (Å²) in [5, 5.41) is 4.02. The van der Waals surface area contributed by atoms with Crippen LogP contribution in [0, 0.1) is 5.82 Å². The molecule has 1 amide bonds. The van der Waals surface area contributed by atoms with Crippen molar-refractivity contribution < 1.29 is 18.7 Å². The van der Waals surface area contributed by atoms with Crippen molar-refractivity contribution in [3.8, 4) is 0 Å². The van der Waals surface area contributed by atoms with Gasteiger partial charge in [-0.15, -0.1) is 0 Å². The molecule has 0 atom stereocenters. The van der Waals surface area contributed by atoms with E-state index in [9.17, 15) is 14.0 Å². The number of hydrogen-bond donors (Lipinski definition) is 0. The molecule has 0 fully saturated rings. The Kier molecular flexibility index (Phi) is 6.45. The number of hydrogen-bond acceptors (Lipinski definition) is 4. The van der Waals surface area contributed by atoms with Gasteiger partial charge in [0.05, 0.1) is 12.8 Å². The number of esters is 1. The molecule has 0 spiro atoms. The average Bonchev–Trinajstić information content (AvgIpc) is 2.99. The van der Waals surface area contributed by atoms with E-state index in [4.69, 9.17) is 4.74 Å². The number of nitrogens with zero attached hydrogens (tertiary/aromatic N) is 3. The lowest BCUT2D eigenvalue weighted by molar-refractivity contribution is -0.148. The van der Waals surface area contributed by atoms with Crippen LogP contribution in [0.1, 0.15) is 18.1 Å². The van der Waals surface area contributed by atoms with Crippen LogP contribution in [-0.2, 0) is 27.9 Å². The van der Waals surface area contributed by atoms with Gasteiger partial charge in [-0.05, 0) is 30.7 Å². The van der Waals surface area contributed by atoms with Gasteiger partial charge >= 0.3 is 5.97 Å². The number of carbonyl (C=O) groups excluding carboxylic acids is 2. The Labute approximate surface area is 145 Å². The second-order valence-electron chi connectivity index (χ2n) is 5.41. The summed E-state index contributed by atoms with van der Waals surface area (Å²) in [5.74, 6) is -1.20. The second kappa shape index (κ2) is 8.77. The first-order valence-corrected chi connectivity index (χ1v) is 7.83. The van der Waals surface area contributed by atoms with E-state index in [2.05, 4.69) is 5.10 Å². The predicted octanol–water partition coefficient (Wildman–Crippen LogP) is 2.16. The Bertz CT molecular complexity index is 753. The number of aromatic nitrogens is 2. The van der Waals surface area contributed by atoms with Gasteiger partial charge in [0, 0.05) is 31.4 Å². The minimum absolute atomic E-state index is 0.176. The van der Waals surface area contributed by atoms with Crippen molar-refractivity contribution in [2.75, 3.05) is 13.2 Å². The number of benzene rings is 1. The van der Waals surface area contributed by atoms with Gasteiger partial charge in [0.25, 0.3) is 0 Å². The van der Waals surface area contributed by atoms with E-state index in [0.717, 1.165) is 5.56 Å². The number of amides is 1. The monoisotopic (exact) mass is 345 g/mol. The van der Waals surface area contributed by atoms with Crippen LogP contribution in [-0.4, -0.2) is 39.7 Å². The maximum Gasteiger partial charge on any atom is 0.325 e. The zero-order valence-electron chi connectivity index (χ0n) is 14.2. The minimum atomic E-state index is -0.493. The molecule has 0 bridgehead atoms. The second-order valence-corrected chi connectivity index (χ2v) is 5.41. The smallest absolute Gasteiger partial charge is 0.325 e. The lowest BCUT2D eigenvalue weighted by Gasteiger charge is -2.20. The van der Waals surface area contributed by atoms with Crippen molar-refractivity contribution in [2.45, 2.75) is 13.5 Å². The molecule has 0 saturated carbocycles. The molecule has 0 aliphatic carbocycles. The number of halogens is 1. The molecule has 25 heavy (non-hydrogen) atoms. The van der Waals surface area contributed by atoms with Crippen LogP contribution >= 0.6 is 0 Å². The minimum Gasteiger partial charge on any atom is -0.465 e. The highest BCUT2D eigenvalue weighted by atomic mass is 19.1. The first-order chi connectivity index (χ1) is 12.0. The van der Waals surface area contributed by atoms with E-state index in [1.165, 1.54) is 23.1 Å². The molecule has 0 unspecified atom stereocenters. The molecule has 7 heteroatoms. The SMILES string of the molecule is CCOC(=O)CN(Cc1ccc(F)cc1)C(=O)C=Cc1cnn(C)c1. The molecule has 2 rings (SSSR count). The van der Waals surface area contributed by atoms with Gasteiger partial charge in [0.1, 0.15) is 12.4 Å². The lowest BCUT2D eigenvalue weighted by Crippen LogP contribution is -2.35. The summed E-state index contributed by atoms with van der Waals surface area (Å²) < 4.78 is 19.6. The molecular formula is C18H20FN3O3. The zero-order valence-corrected chi connectivity index (χ0v) is 14.2. The quantitative estimate of drug-likeness (QED) is 0.570. The van der Waals surface area contributed by atoms with Crippen molar-refractivity contribution in [3.63, 3.8) is 0 Å². The first kappa shape index (κ1) is 18.4. The number of carbonyl (C=O) groups is 2. The molecule has 0 aliphatic heterocycles. The standard InChI is InChI=1S/C18H20FN3O3/c1-3-25-18(24)13-22(12-14-4-7-16(19)8-5-14)17(23)9-6-15-10-20-21(2)11-15/h4-11H,3,12-13H2,1-2H3. The van der Waals surface area contributed by atoms with Crippen molar-refractivity contribution in [3.05, 3.63) is 59.7 Å². The van der Waals surface area contributed by atoms with E-state index in [-0.39, 0.29) is 31.4 Å². The van der Waals surface area contributed by atoms with Gasteiger partial charge in [-0.1, -0.05) is 12.1 Å². The summed E-state index contributed by atoms with van der Waals surface area (Å²) in [7, 11) is 1.78. The molecule has 0 N–H and O–H groups in total. The van der Waals surface area contributed by atoms with Gasteiger partial charge in [0.2, 0.25) is 5.91 Å². The Hall–Kier alpha value is -2.96. The number of rotatable bonds is 7. The van der Waals surface area contributed by atoms with Crippen LogP contribution in [0.5, 0.6) is 0 Å². The highest BCUT2D eigenvalue weighted by Gasteiger charge is 2.16. The van der Waals surface area contributed by atoms with E-state index in [1.54, 1.807) is 49.3 Å². The summed E-state index contributed by atoms with van der Waals surface area (Å²) in [4.78, 5) is 25.6. The van der Waals surface area contributed by atoms with Crippen molar-refractivity contribution in [1.82, 2.24) is 14.7 Å². The van der Waals surface area contributed by atoms with Gasteiger partial charge < -0.3 is 9.64 Å². The summed E-state index contributed by atoms with van der Waals surface area (Å²) in [6, 6.07) is 5.78. The van der Waals surface area contributed by atoms with Crippen LogP contribution in [0.2, 0.25) is 0 Å². The van der Waals surface area contributed by atoms with E-state index >= 15 is 0 Å². The summed E-state index contributed by atoms with van der Waals surface area (Å²) in [6.07, 6.45) is 6.39. The fraction of sp³-hybridized carbons (Fsp3) is 0.278. The number of aryl methyl sites for hydroxylation is 1. The normalized spacial score (nSPS) is 10.8. The predicted molar refractivity (Wildman–Crippen MR) is 90.7 cm³/mol. The highest BCUT2D eigenvalue weighted by Crippen LogP contribution is 2.09. The molecule has 0 radical (unpaired) electrons. The van der Waals surface area contributed by atoms with Gasteiger partial charge in [-0.3, -0.25) is 14.3 Å². The fourth-order valence-electron chi connectivity index (χ4n) is 2.18. The lowest BCUT2D eigenvalue weighted by atomic mass is 10.2. The summed E-state index contributed by atoms with van der Waals surface area (Å²) in [5.41, 5.74) is 1.49. The highest BCUT2D eigenvalue weighted by molar-refractivity contribution is 5.93. The fourth-order valence-corrected chi connectivity index (χ4v) is 2.18. The Morgan fingerprint density at radius 1 is 1.32 bits per heavy atom. The Balaban J connectivity index is 2.11. The van der Waals surface area contributed by atoms with Crippen LogP contribution in [0.4, 0.5) is 4.39 Å². The molecule has 6 nitrogen and oxygen atoms in total. The molecular weight excluding hydrogens is 325 g/mol. The van der Waals surface area contributed by atoms with Crippen LogP contribution in [0.3, 0.4) is 0 Å². The third-order valence-corrected chi connectivity index (χ3v) is 3.37. The van der Waals surface area contributed by atoms with E-state index < -0.39 is 5.97 Å². The molecule has 0 aliphatic rings. The molecule has 132 valence electrons. The average molecular weight is 345 g/mol. The van der Waals surface area contributed by atoms with Gasteiger partial charge in [-0.25, -0.2) is 4.39 Å². The third-order valence-electron chi connectivity index (χ3n) is 3.37. The molecule has 1 aromatic carbocycles. The maximum absolute atomic E-state index is 13.0. The zero-order chi connectivity index (χ0) is 18.2. The molecule has 0 saturated heterocycles. The third kappa shape index (κ3) is 5.87. The summed E-state index contributed by atoms with van der Waals surface area (Å²) >= 11 is 0. The first-order valence-electron chi connectivity index (χ1n) is 7.83. The largest absolute Gasteiger partial charge is 0.465 e.